The summed E-state index contributed by atoms with van der Waals surface area (Å²) in [4.78, 5) is 56.2. The second-order valence-electron chi connectivity index (χ2n) is 27.6. The summed E-state index contributed by atoms with van der Waals surface area (Å²) in [5.74, 6) is 8.19. The largest absolute Gasteiger partial charge is 0.504 e. The number of carboxylic acid groups (broad SMARTS) is 1. The van der Waals surface area contributed by atoms with Gasteiger partial charge in [-0.25, -0.2) is 14.4 Å². The van der Waals surface area contributed by atoms with Crippen LogP contribution in [0.15, 0.2) is 85.0 Å². The first kappa shape index (κ1) is 94.3. The number of esters is 2. The zero-order valence-corrected chi connectivity index (χ0v) is 69.2. The molecule has 4 aliphatic heterocycles. The van der Waals surface area contributed by atoms with Crippen LogP contribution in [0.3, 0.4) is 0 Å². The summed E-state index contributed by atoms with van der Waals surface area (Å²) in [6, 6.07) is 12.1. The maximum absolute atomic E-state index is 12.0. The monoisotopic (exact) mass is 1650 g/mol. The topological polar surface area (TPSA) is 351 Å². The number of carbonyl (C=O) groups is 5. The molecule has 0 bridgehead atoms. The lowest BCUT2D eigenvalue weighted by Gasteiger charge is -2.25. The van der Waals surface area contributed by atoms with Crippen LogP contribution in [0.25, 0.3) is 24.3 Å². The van der Waals surface area contributed by atoms with Crippen molar-refractivity contribution in [1.29, 1.82) is 0 Å². The Hall–Kier alpha value is -11.9. The van der Waals surface area contributed by atoms with Gasteiger partial charge in [0.25, 0.3) is 0 Å². The zero-order chi connectivity index (χ0) is 84.7. The second kappa shape index (κ2) is 44.6. The molecule has 119 heavy (non-hydrogen) atoms. The van der Waals surface area contributed by atoms with Crippen molar-refractivity contribution in [3.63, 3.8) is 0 Å². The number of aromatic hydroxyl groups is 2. The molecule has 0 amide bonds. The van der Waals surface area contributed by atoms with E-state index in [9.17, 15) is 44.4 Å². The minimum absolute atomic E-state index is 0. The van der Waals surface area contributed by atoms with Crippen molar-refractivity contribution in [3.8, 4) is 103 Å². The number of phenols is 2. The van der Waals surface area contributed by atoms with E-state index in [0.29, 0.717) is 133 Å². The Labute approximate surface area is 697 Å². The number of aldehydes is 2. The van der Waals surface area contributed by atoms with Crippen molar-refractivity contribution in [3.05, 3.63) is 141 Å². The van der Waals surface area contributed by atoms with Gasteiger partial charge in [-0.15, -0.1) is 0 Å². The normalized spacial score (nSPS) is 17.2. The van der Waals surface area contributed by atoms with Crippen LogP contribution in [0.2, 0.25) is 0 Å². The Bertz CT molecular complexity index is 4640. The third-order valence-corrected chi connectivity index (χ3v) is 20.0. The number of allylic oxidation sites excluding steroid dienone is 1. The molecule has 3 radical (unpaired) electrons. The van der Waals surface area contributed by atoms with Crippen molar-refractivity contribution in [2.75, 3.05) is 114 Å². The van der Waals surface area contributed by atoms with Gasteiger partial charge in [0.2, 0.25) is 34.5 Å². The molecule has 5 aliphatic carbocycles. The lowest BCUT2D eigenvalue weighted by atomic mass is 10.00. The van der Waals surface area contributed by atoms with E-state index in [-0.39, 0.29) is 94.5 Å². The molecule has 9 aliphatic rings. The molecule has 0 spiro atoms. The Kier molecular flexibility index (Phi) is 35.3. The number of rotatable bonds is 26. The number of aliphatic hydroxyl groups excluding tert-OH is 1. The number of methoxy groups -OCH3 is 16. The van der Waals surface area contributed by atoms with Crippen LogP contribution >= 0.6 is 0 Å². The highest BCUT2D eigenvalue weighted by Gasteiger charge is 2.40. The molecular weight excluding hydrogens is 1540 g/mol. The minimum atomic E-state index is -1.01. The van der Waals surface area contributed by atoms with E-state index in [2.05, 4.69) is 16.9 Å². The first-order chi connectivity index (χ1) is 56.6. The Morgan fingerprint density at radius 2 is 0.773 bits per heavy atom. The molecule has 5 saturated carbocycles. The Morgan fingerprint density at radius 1 is 0.420 bits per heavy atom. The van der Waals surface area contributed by atoms with Crippen LogP contribution < -0.4 is 75.8 Å². The standard InChI is InChI=1S/C16H18O5.C15H16O5.C15H18O4.C15H16O4.C10H12O5.C9H10O4.C8H14O2.CH4.B.H2/c1-18-13-8-11(16(17)20-3)10-6-7-12(9-4-5-9)21-14(10)15(13)19-2;1-18-12-7-10(15(16)17)9-5-6-11(8-3-4-8)20-13(9)14(12)19-2;2*1-17-13-7-10(8-16)11-5-6-12(9-3-4-9)19-14(11)15(13)18-2;1-13-8-5-6(10(12)15-3)4-7(11)9(8)14-2;1-12-8-4-6(5-10)3-7(11)9(8)13-2;1-9-8(10-2)6-5-7-3-4-7;;;/h6-9,12H,4-5H2,1-3H3;5-8,11H,3-4H2,1-2H3,(H,16,17);5-7,9,12,16H,3-4,8H2,1-2H3;5-9,12H,3-4H2,1-2H3;4-5,11H,1-3H3;3-5,11H,1-2H3;5-8H,3-4H2,1-2H3;1H4;;1H/b;;;;;;6-5-;;;/i;;;;;;;;;1+1. The zero-order valence-electron chi connectivity index (χ0n) is 69.2. The van der Waals surface area contributed by atoms with Gasteiger partial charge in [-0.3, -0.25) is 9.59 Å². The van der Waals surface area contributed by atoms with Crippen LogP contribution in [0.5, 0.6) is 103 Å². The highest BCUT2D eigenvalue weighted by molar-refractivity contribution is 5.98. The summed E-state index contributed by atoms with van der Waals surface area (Å²) in [7, 11) is 24.0. The Balaban J connectivity index is 0.000000218. The predicted molar refractivity (Wildman–Crippen MR) is 446 cm³/mol. The SMILES string of the molecule is C.COC(/C=C\C1CC1)OC.COC(=O)c1cc(O)c(OC)c(OC)c1.COC(=O)c1cc(OC)c(OC)c2c1C=CC(C1CC1)O2.COc1cc(C(=O)O)c2c(c1OC)OC(C1CC1)C=C2.COc1cc(C=O)c2c(c1OC)OC(C1CC1)C=C2.COc1cc(C=O)cc(O)c1OC.COc1cc(CO)c2c(c1OC)OC(C1CC1)C=C2.[2HH].[B]. The first-order valence-corrected chi connectivity index (χ1v) is 37.7. The predicted octanol–water partition coefficient (Wildman–Crippen LogP) is 14.8. The number of carbonyl (C=O) groups excluding carboxylic acids is 4. The van der Waals surface area contributed by atoms with E-state index >= 15 is 0 Å². The van der Waals surface area contributed by atoms with E-state index in [1.807, 2.05) is 48.6 Å². The molecule has 4 atom stereocenters. The molecule has 4 unspecified atom stereocenters. The molecule has 0 saturated heterocycles. The van der Waals surface area contributed by atoms with Crippen molar-refractivity contribution >= 4 is 63.2 Å². The van der Waals surface area contributed by atoms with E-state index in [1.54, 1.807) is 68.0 Å². The van der Waals surface area contributed by atoms with Crippen molar-refractivity contribution < 1.29 is 141 Å². The molecule has 5 fully saturated rings. The van der Waals surface area contributed by atoms with Gasteiger partial charge in [0.1, 0.15) is 30.7 Å². The summed E-state index contributed by atoms with van der Waals surface area (Å²) >= 11 is 0. The molecule has 0 aromatic heterocycles. The summed E-state index contributed by atoms with van der Waals surface area (Å²) in [5, 5.41) is 37.7. The average Bonchev–Trinajstić information content (AvgIpc) is 1.25. The van der Waals surface area contributed by atoms with E-state index in [0.717, 1.165) is 41.7 Å². The molecule has 4 N–H and O–H groups in total. The molecule has 6 aromatic rings. The molecule has 4 heterocycles. The fourth-order valence-corrected chi connectivity index (χ4v) is 13.0. The maximum atomic E-state index is 12.0. The number of ether oxygens (including phenoxy) is 20. The lowest BCUT2D eigenvalue weighted by molar-refractivity contribution is -0.0668. The lowest BCUT2D eigenvalue weighted by Crippen LogP contribution is -2.21. The van der Waals surface area contributed by atoms with Crippen LogP contribution in [-0.2, 0) is 25.6 Å². The molecule has 29 nitrogen and oxygen atoms in total. The number of aliphatic hydroxyl groups is 1. The van der Waals surface area contributed by atoms with Crippen LogP contribution in [0, 0.1) is 29.6 Å². The van der Waals surface area contributed by atoms with Gasteiger partial charge in [-0.05, 0) is 178 Å². The third-order valence-electron chi connectivity index (χ3n) is 20.0. The number of hydrogen-bond donors (Lipinski definition) is 4. The van der Waals surface area contributed by atoms with Crippen LogP contribution in [0.4, 0.5) is 0 Å². The first-order valence-electron chi connectivity index (χ1n) is 37.7. The number of phenolic OH excluding ortho intramolecular Hbond substituents is 2. The summed E-state index contributed by atoms with van der Waals surface area (Å²) in [6.07, 6.45) is 33.4. The molecule has 30 heteroatoms. The molecule has 643 valence electrons. The van der Waals surface area contributed by atoms with Crippen LogP contribution in [0.1, 0.15) is 153 Å². The number of fused-ring (bicyclic) bond motifs is 4. The third kappa shape index (κ3) is 23.3. The van der Waals surface area contributed by atoms with E-state index in [4.69, 9.17) is 90.0 Å². The molecule has 6 aromatic carbocycles. The van der Waals surface area contributed by atoms with Gasteiger partial charge in [-0.1, -0.05) is 37.8 Å². The summed E-state index contributed by atoms with van der Waals surface area (Å²) in [6.45, 7) is -0.0511. The summed E-state index contributed by atoms with van der Waals surface area (Å²) in [5.41, 5.74) is 5.32. The van der Waals surface area contributed by atoms with Gasteiger partial charge >= 0.3 is 17.9 Å². The van der Waals surface area contributed by atoms with Crippen LogP contribution in [-0.4, -0.2) is 204 Å². The Morgan fingerprint density at radius 3 is 1.13 bits per heavy atom. The van der Waals surface area contributed by atoms with Gasteiger partial charge in [-0.2, -0.15) is 0 Å². The van der Waals surface area contributed by atoms with E-state index in [1.165, 1.54) is 146 Å². The fraction of sp³-hybridized carbons (Fsp3) is 0.427. The molecular formula is C89H110BO29. The van der Waals surface area contributed by atoms with Gasteiger partial charge < -0.3 is 115 Å². The number of benzene rings is 6. The van der Waals surface area contributed by atoms with Gasteiger partial charge in [0, 0.05) is 57.4 Å². The van der Waals surface area contributed by atoms with Gasteiger partial charge in [0.15, 0.2) is 81.6 Å². The van der Waals surface area contributed by atoms with Crippen molar-refractivity contribution in [1.82, 2.24) is 0 Å². The highest BCUT2D eigenvalue weighted by atomic mass is 16.7. The van der Waals surface area contributed by atoms with Crippen molar-refractivity contribution in [2.24, 2.45) is 29.6 Å². The number of carboxylic acids is 1. The number of hydrogen-bond acceptors (Lipinski definition) is 28. The highest BCUT2D eigenvalue weighted by Crippen LogP contribution is 2.53. The quantitative estimate of drug-likeness (QED) is 0.0129. The van der Waals surface area contributed by atoms with Gasteiger partial charge in [0.05, 0.1) is 123 Å². The fourth-order valence-electron chi connectivity index (χ4n) is 13.0. The molecule has 15 rings (SSSR count). The summed E-state index contributed by atoms with van der Waals surface area (Å²) < 4.78 is 106. The minimum Gasteiger partial charge on any atom is -0.504 e. The van der Waals surface area contributed by atoms with Crippen molar-refractivity contribution in [2.45, 2.75) is 109 Å². The average molecular weight is 1660 g/mol. The maximum Gasteiger partial charge on any atom is 0.338 e. The number of aromatic carboxylic acids is 1. The van der Waals surface area contributed by atoms with E-state index < -0.39 is 17.9 Å². The smallest absolute Gasteiger partial charge is 0.338 e. The second-order valence-corrected chi connectivity index (χ2v) is 27.6.